The van der Waals surface area contributed by atoms with Crippen molar-refractivity contribution in [1.82, 2.24) is 4.90 Å². The number of likely N-dealkylation sites (tertiary alicyclic amines) is 1. The second-order valence-corrected chi connectivity index (χ2v) is 7.73. The van der Waals surface area contributed by atoms with Crippen LogP contribution in [0.15, 0.2) is 24.3 Å². The van der Waals surface area contributed by atoms with E-state index in [0.717, 1.165) is 12.0 Å². The second kappa shape index (κ2) is 7.25. The van der Waals surface area contributed by atoms with E-state index in [0.29, 0.717) is 52.2 Å². The molecular formula is C20H26FNO4. The maximum atomic E-state index is 13.3. The zero-order chi connectivity index (χ0) is 18.1. The van der Waals surface area contributed by atoms with E-state index in [1.54, 1.807) is 6.07 Å². The summed E-state index contributed by atoms with van der Waals surface area (Å²) in [7, 11) is 0. The molecule has 0 unspecified atom stereocenters. The van der Waals surface area contributed by atoms with Crippen LogP contribution in [-0.2, 0) is 20.7 Å². The lowest BCUT2D eigenvalue weighted by Gasteiger charge is -2.57. The third-order valence-corrected chi connectivity index (χ3v) is 6.29. The van der Waals surface area contributed by atoms with Gasteiger partial charge in [0.2, 0.25) is 5.91 Å². The Hall–Kier alpha value is -1.50. The molecule has 3 heterocycles. The van der Waals surface area contributed by atoms with Gasteiger partial charge in [0.25, 0.3) is 0 Å². The third kappa shape index (κ3) is 3.26. The number of ether oxygens (including phenoxy) is 2. The number of hydrogen-bond donors (Lipinski definition) is 1. The van der Waals surface area contributed by atoms with Crippen LogP contribution in [-0.4, -0.2) is 60.5 Å². The van der Waals surface area contributed by atoms with Crippen molar-refractivity contribution in [1.29, 1.82) is 0 Å². The number of amides is 1. The summed E-state index contributed by atoms with van der Waals surface area (Å²) in [6.07, 6.45) is 2.23. The van der Waals surface area contributed by atoms with Crippen molar-refractivity contribution in [2.24, 2.45) is 11.8 Å². The minimum atomic E-state index is -0.803. The quantitative estimate of drug-likeness (QED) is 0.889. The first kappa shape index (κ1) is 17.9. The van der Waals surface area contributed by atoms with Crippen LogP contribution < -0.4 is 0 Å². The van der Waals surface area contributed by atoms with Crippen molar-refractivity contribution in [2.75, 3.05) is 33.0 Å². The largest absolute Gasteiger partial charge is 0.389 e. The predicted octanol–water partition coefficient (Wildman–Crippen LogP) is 1.77. The molecule has 5 nitrogen and oxygen atoms in total. The smallest absolute Gasteiger partial charge is 0.223 e. The topological polar surface area (TPSA) is 59.0 Å². The molecule has 0 saturated carbocycles. The molecular weight excluding hydrogens is 337 g/mol. The fourth-order valence-corrected chi connectivity index (χ4v) is 4.83. The van der Waals surface area contributed by atoms with Crippen molar-refractivity contribution in [2.45, 2.75) is 37.3 Å². The molecule has 3 saturated heterocycles. The van der Waals surface area contributed by atoms with E-state index >= 15 is 0 Å². The van der Waals surface area contributed by atoms with E-state index < -0.39 is 5.60 Å². The fraction of sp³-hybridized carbons (Fsp3) is 0.650. The van der Waals surface area contributed by atoms with Gasteiger partial charge in [-0.2, -0.15) is 0 Å². The number of aryl methyl sites for hydroxylation is 1. The van der Waals surface area contributed by atoms with Gasteiger partial charge in [0.15, 0.2) is 0 Å². The zero-order valence-corrected chi connectivity index (χ0v) is 14.9. The van der Waals surface area contributed by atoms with Gasteiger partial charge in [0.05, 0.1) is 18.8 Å². The monoisotopic (exact) mass is 363 g/mol. The Morgan fingerprint density at radius 1 is 1.31 bits per heavy atom. The molecule has 3 fully saturated rings. The lowest BCUT2D eigenvalue weighted by molar-refractivity contribution is -0.219. The lowest BCUT2D eigenvalue weighted by Crippen LogP contribution is -2.68. The Morgan fingerprint density at radius 2 is 2.15 bits per heavy atom. The van der Waals surface area contributed by atoms with Gasteiger partial charge in [-0.3, -0.25) is 4.79 Å². The number of nitrogens with zero attached hydrogens (tertiary/aromatic N) is 1. The maximum Gasteiger partial charge on any atom is 0.223 e. The van der Waals surface area contributed by atoms with Gasteiger partial charge < -0.3 is 19.5 Å². The standard InChI is InChI=1S/C20H26FNO4/c21-16-3-1-2-14(10-16)4-5-19(23)22-11-15-12-26-9-7-20(15,24)17-13-25-8-6-18(17)22/h1-3,10,15,17-18,24H,4-9,11-13H2/t15-,17+,18-,20-/m0/s1. The van der Waals surface area contributed by atoms with E-state index in [1.807, 2.05) is 11.0 Å². The summed E-state index contributed by atoms with van der Waals surface area (Å²) >= 11 is 0. The molecule has 1 aromatic carbocycles. The molecule has 3 aliphatic heterocycles. The summed E-state index contributed by atoms with van der Waals surface area (Å²) in [5, 5.41) is 11.3. The molecule has 4 rings (SSSR count). The minimum absolute atomic E-state index is 0.0168. The Labute approximate surface area is 153 Å². The molecule has 6 heteroatoms. The van der Waals surface area contributed by atoms with Crippen molar-refractivity contribution in [3.63, 3.8) is 0 Å². The third-order valence-electron chi connectivity index (χ3n) is 6.29. The van der Waals surface area contributed by atoms with E-state index in [4.69, 9.17) is 9.47 Å². The van der Waals surface area contributed by atoms with Crippen molar-refractivity contribution in [3.8, 4) is 0 Å². The van der Waals surface area contributed by atoms with Crippen LogP contribution in [0.4, 0.5) is 4.39 Å². The number of carbonyl (C=O) groups is 1. The Bertz CT molecular complexity index is 669. The number of fused-ring (bicyclic) bond motifs is 3. The van der Waals surface area contributed by atoms with Crippen molar-refractivity contribution in [3.05, 3.63) is 35.6 Å². The normalized spacial score (nSPS) is 34.1. The van der Waals surface area contributed by atoms with E-state index in [-0.39, 0.29) is 29.6 Å². The molecule has 3 aliphatic rings. The van der Waals surface area contributed by atoms with Gasteiger partial charge in [-0.15, -0.1) is 0 Å². The van der Waals surface area contributed by atoms with Crippen LogP contribution in [0.1, 0.15) is 24.8 Å². The highest BCUT2D eigenvalue weighted by atomic mass is 19.1. The molecule has 0 aromatic heterocycles. The number of hydrogen-bond acceptors (Lipinski definition) is 4. The van der Waals surface area contributed by atoms with E-state index in [1.165, 1.54) is 12.1 Å². The van der Waals surface area contributed by atoms with Crippen molar-refractivity contribution >= 4 is 5.91 Å². The number of halogens is 1. The Balaban J connectivity index is 1.48. The molecule has 4 atom stereocenters. The first-order valence-corrected chi connectivity index (χ1v) is 9.50. The first-order chi connectivity index (χ1) is 12.6. The molecule has 0 aliphatic carbocycles. The van der Waals surface area contributed by atoms with Crippen LogP contribution in [0, 0.1) is 17.7 Å². The second-order valence-electron chi connectivity index (χ2n) is 7.73. The van der Waals surface area contributed by atoms with Crippen LogP contribution >= 0.6 is 0 Å². The Morgan fingerprint density at radius 3 is 3.00 bits per heavy atom. The molecule has 0 spiro atoms. The number of rotatable bonds is 3. The highest BCUT2D eigenvalue weighted by molar-refractivity contribution is 5.77. The summed E-state index contributed by atoms with van der Waals surface area (Å²) < 4.78 is 24.6. The number of piperidine rings is 1. The summed E-state index contributed by atoms with van der Waals surface area (Å²) in [5.74, 6) is -0.338. The summed E-state index contributed by atoms with van der Waals surface area (Å²) in [6.45, 7) is 2.67. The van der Waals surface area contributed by atoms with Gasteiger partial charge in [0.1, 0.15) is 5.82 Å². The fourth-order valence-electron chi connectivity index (χ4n) is 4.83. The highest BCUT2D eigenvalue weighted by Gasteiger charge is 2.56. The molecule has 1 amide bonds. The average Bonchev–Trinajstić information content (AvgIpc) is 2.66. The van der Waals surface area contributed by atoms with Gasteiger partial charge in [0, 0.05) is 50.5 Å². The summed E-state index contributed by atoms with van der Waals surface area (Å²) in [5.41, 5.74) is 0.0271. The zero-order valence-electron chi connectivity index (χ0n) is 14.9. The van der Waals surface area contributed by atoms with Crippen LogP contribution in [0.5, 0.6) is 0 Å². The number of aliphatic hydroxyl groups is 1. The van der Waals surface area contributed by atoms with Crippen LogP contribution in [0.3, 0.4) is 0 Å². The van der Waals surface area contributed by atoms with Gasteiger partial charge in [-0.25, -0.2) is 4.39 Å². The van der Waals surface area contributed by atoms with Gasteiger partial charge in [-0.1, -0.05) is 12.1 Å². The number of carbonyl (C=O) groups excluding carboxylic acids is 1. The average molecular weight is 363 g/mol. The summed E-state index contributed by atoms with van der Waals surface area (Å²) in [4.78, 5) is 14.9. The van der Waals surface area contributed by atoms with Crippen LogP contribution in [0.2, 0.25) is 0 Å². The molecule has 1 aromatic rings. The van der Waals surface area contributed by atoms with Crippen LogP contribution in [0.25, 0.3) is 0 Å². The highest BCUT2D eigenvalue weighted by Crippen LogP contribution is 2.44. The van der Waals surface area contributed by atoms with Gasteiger partial charge in [-0.05, 0) is 30.5 Å². The minimum Gasteiger partial charge on any atom is -0.389 e. The molecule has 0 radical (unpaired) electrons. The van der Waals surface area contributed by atoms with E-state index in [2.05, 4.69) is 0 Å². The molecule has 0 bridgehead atoms. The molecule has 142 valence electrons. The summed E-state index contributed by atoms with van der Waals surface area (Å²) in [6, 6.07) is 6.42. The maximum absolute atomic E-state index is 13.3. The lowest BCUT2D eigenvalue weighted by atomic mass is 9.66. The predicted molar refractivity (Wildman–Crippen MR) is 93.0 cm³/mol. The molecule has 1 N–H and O–H groups in total. The molecule has 26 heavy (non-hydrogen) atoms. The SMILES string of the molecule is O=C(CCc1cccc(F)c1)N1C[C@H]2COCC[C@@]2(O)[C@@H]2COCC[C@@H]21. The van der Waals surface area contributed by atoms with E-state index in [9.17, 15) is 14.3 Å². The number of benzene rings is 1. The van der Waals surface area contributed by atoms with Crippen molar-refractivity contribution < 1.29 is 23.8 Å². The van der Waals surface area contributed by atoms with Gasteiger partial charge >= 0.3 is 0 Å². The first-order valence-electron chi connectivity index (χ1n) is 9.50. The Kier molecular flexibility index (Phi) is 4.99.